The number of hydrogen-bond acceptors (Lipinski definition) is 3. The predicted molar refractivity (Wildman–Crippen MR) is 112 cm³/mol. The van der Waals surface area contributed by atoms with Crippen LogP contribution in [0.1, 0.15) is 18.5 Å². The van der Waals surface area contributed by atoms with Crippen molar-refractivity contribution in [1.82, 2.24) is 10.2 Å². The SMILES string of the molecule is COc1cccc(NC(=O)C2=C(C)N(C)C(=S)NC2c2ccc(Cl)cc2)c1. The van der Waals surface area contributed by atoms with E-state index in [0.717, 1.165) is 11.3 Å². The molecule has 1 unspecified atom stereocenters. The van der Waals surface area contributed by atoms with E-state index in [-0.39, 0.29) is 11.9 Å². The third-order valence-electron chi connectivity index (χ3n) is 4.53. The number of rotatable bonds is 4. The molecule has 0 aliphatic carbocycles. The summed E-state index contributed by atoms with van der Waals surface area (Å²) < 4.78 is 5.22. The molecule has 0 saturated heterocycles. The highest BCUT2D eigenvalue weighted by Gasteiger charge is 2.32. The van der Waals surface area contributed by atoms with Crippen molar-refractivity contribution in [2.45, 2.75) is 13.0 Å². The Morgan fingerprint density at radius 1 is 1.26 bits per heavy atom. The van der Waals surface area contributed by atoms with Crippen molar-refractivity contribution in [3.63, 3.8) is 0 Å². The van der Waals surface area contributed by atoms with Gasteiger partial charge in [0, 0.05) is 29.5 Å². The Hall–Kier alpha value is -2.57. The molecule has 2 aromatic carbocycles. The summed E-state index contributed by atoms with van der Waals surface area (Å²) >= 11 is 11.4. The van der Waals surface area contributed by atoms with E-state index >= 15 is 0 Å². The van der Waals surface area contributed by atoms with Gasteiger partial charge in [0.25, 0.3) is 5.91 Å². The highest BCUT2D eigenvalue weighted by atomic mass is 35.5. The Balaban J connectivity index is 1.97. The Bertz CT molecular complexity index is 912. The zero-order chi connectivity index (χ0) is 19.6. The van der Waals surface area contributed by atoms with E-state index in [4.69, 9.17) is 28.6 Å². The van der Waals surface area contributed by atoms with Crippen LogP contribution < -0.4 is 15.4 Å². The molecular weight excluding hydrogens is 382 g/mol. The van der Waals surface area contributed by atoms with Gasteiger partial charge in [-0.1, -0.05) is 29.8 Å². The lowest BCUT2D eigenvalue weighted by Gasteiger charge is -2.35. The number of nitrogens with one attached hydrogen (secondary N) is 2. The molecule has 0 aromatic heterocycles. The monoisotopic (exact) mass is 401 g/mol. The summed E-state index contributed by atoms with van der Waals surface area (Å²) in [4.78, 5) is 14.9. The van der Waals surface area contributed by atoms with Gasteiger partial charge in [0.2, 0.25) is 0 Å². The van der Waals surface area contributed by atoms with Crippen LogP contribution in [0.2, 0.25) is 5.02 Å². The fraction of sp³-hybridized carbons (Fsp3) is 0.200. The average Bonchev–Trinajstić information content (AvgIpc) is 2.66. The zero-order valence-corrected chi connectivity index (χ0v) is 16.8. The number of hydrogen-bond donors (Lipinski definition) is 2. The lowest BCUT2D eigenvalue weighted by atomic mass is 9.94. The average molecular weight is 402 g/mol. The second-order valence-electron chi connectivity index (χ2n) is 6.18. The Kier molecular flexibility index (Phi) is 5.68. The minimum atomic E-state index is -0.364. The van der Waals surface area contributed by atoms with Gasteiger partial charge in [-0.15, -0.1) is 0 Å². The molecule has 1 atom stereocenters. The lowest BCUT2D eigenvalue weighted by Crippen LogP contribution is -2.46. The summed E-state index contributed by atoms with van der Waals surface area (Å²) in [6.45, 7) is 1.89. The van der Waals surface area contributed by atoms with Gasteiger partial charge in [-0.05, 0) is 49.0 Å². The first-order chi connectivity index (χ1) is 12.9. The number of nitrogens with zero attached hydrogens (tertiary/aromatic N) is 1. The molecule has 2 aromatic rings. The molecule has 1 aliphatic rings. The van der Waals surface area contributed by atoms with Gasteiger partial charge in [0.1, 0.15) is 5.75 Å². The fourth-order valence-electron chi connectivity index (χ4n) is 2.93. The highest BCUT2D eigenvalue weighted by molar-refractivity contribution is 7.80. The summed E-state index contributed by atoms with van der Waals surface area (Å²) in [5.41, 5.74) is 2.95. The normalized spacial score (nSPS) is 16.8. The van der Waals surface area contributed by atoms with E-state index in [1.54, 1.807) is 30.2 Å². The molecule has 27 heavy (non-hydrogen) atoms. The smallest absolute Gasteiger partial charge is 0.255 e. The van der Waals surface area contributed by atoms with Crippen molar-refractivity contribution in [2.24, 2.45) is 0 Å². The molecule has 0 bridgehead atoms. The Morgan fingerprint density at radius 3 is 2.63 bits per heavy atom. The number of thiocarbonyl (C=S) groups is 1. The second-order valence-corrected chi connectivity index (χ2v) is 7.00. The molecule has 5 nitrogen and oxygen atoms in total. The summed E-state index contributed by atoms with van der Waals surface area (Å²) in [5.74, 6) is 0.468. The van der Waals surface area contributed by atoms with Gasteiger partial charge < -0.3 is 20.3 Å². The summed E-state index contributed by atoms with van der Waals surface area (Å²) in [5, 5.41) is 7.39. The summed E-state index contributed by atoms with van der Waals surface area (Å²) in [6, 6.07) is 14.3. The topological polar surface area (TPSA) is 53.6 Å². The zero-order valence-electron chi connectivity index (χ0n) is 15.2. The van der Waals surface area contributed by atoms with Crippen LogP contribution in [0.15, 0.2) is 59.8 Å². The third-order valence-corrected chi connectivity index (χ3v) is 5.17. The van der Waals surface area contributed by atoms with Crippen LogP contribution in [0.3, 0.4) is 0 Å². The van der Waals surface area contributed by atoms with E-state index in [2.05, 4.69) is 10.6 Å². The predicted octanol–water partition coefficient (Wildman–Crippen LogP) is 4.12. The molecule has 1 amide bonds. The second kappa shape index (κ2) is 7.98. The number of methoxy groups -OCH3 is 1. The molecular formula is C20H20ClN3O2S. The van der Waals surface area contributed by atoms with Crippen molar-refractivity contribution in [3.05, 3.63) is 70.4 Å². The molecule has 0 fully saturated rings. The minimum Gasteiger partial charge on any atom is -0.497 e. The summed E-state index contributed by atoms with van der Waals surface area (Å²) in [6.07, 6.45) is 0. The molecule has 3 rings (SSSR count). The van der Waals surface area contributed by atoms with Crippen molar-refractivity contribution in [3.8, 4) is 5.75 Å². The van der Waals surface area contributed by atoms with Crippen LogP contribution >= 0.6 is 23.8 Å². The van der Waals surface area contributed by atoms with Crippen LogP contribution in [-0.2, 0) is 4.79 Å². The van der Waals surface area contributed by atoms with Gasteiger partial charge in [-0.3, -0.25) is 4.79 Å². The maximum Gasteiger partial charge on any atom is 0.255 e. The van der Waals surface area contributed by atoms with Gasteiger partial charge in [-0.2, -0.15) is 0 Å². The number of benzene rings is 2. The molecule has 0 saturated carbocycles. The first-order valence-electron chi connectivity index (χ1n) is 8.36. The highest BCUT2D eigenvalue weighted by Crippen LogP contribution is 2.31. The van der Waals surface area contributed by atoms with Gasteiger partial charge in [0.15, 0.2) is 5.11 Å². The molecule has 7 heteroatoms. The van der Waals surface area contributed by atoms with Crippen molar-refractivity contribution in [2.75, 3.05) is 19.5 Å². The van der Waals surface area contributed by atoms with Crippen molar-refractivity contribution in [1.29, 1.82) is 0 Å². The molecule has 0 spiro atoms. The largest absolute Gasteiger partial charge is 0.497 e. The molecule has 0 radical (unpaired) electrons. The van der Waals surface area contributed by atoms with E-state index < -0.39 is 0 Å². The molecule has 140 valence electrons. The number of carbonyl (C=O) groups excluding carboxylic acids is 1. The van der Waals surface area contributed by atoms with Crippen molar-refractivity contribution >= 4 is 40.5 Å². The van der Waals surface area contributed by atoms with E-state index in [1.807, 2.05) is 44.3 Å². The lowest BCUT2D eigenvalue weighted by molar-refractivity contribution is -0.113. The first kappa shape index (κ1) is 19.2. The third kappa shape index (κ3) is 4.07. The van der Waals surface area contributed by atoms with E-state index in [0.29, 0.717) is 27.1 Å². The van der Waals surface area contributed by atoms with Gasteiger partial charge in [0.05, 0.1) is 18.7 Å². The Morgan fingerprint density at radius 2 is 1.96 bits per heavy atom. The number of anilines is 1. The number of carbonyl (C=O) groups is 1. The van der Waals surface area contributed by atoms with Crippen LogP contribution in [0.5, 0.6) is 5.75 Å². The number of allylic oxidation sites excluding steroid dienone is 1. The number of ether oxygens (including phenoxy) is 1. The van der Waals surface area contributed by atoms with Crippen LogP contribution in [0.25, 0.3) is 0 Å². The maximum absolute atomic E-state index is 13.1. The number of amides is 1. The molecule has 2 N–H and O–H groups in total. The molecule has 1 heterocycles. The van der Waals surface area contributed by atoms with E-state index in [9.17, 15) is 4.79 Å². The quantitative estimate of drug-likeness (QED) is 0.755. The Labute approximate surface area is 169 Å². The standard InChI is InChI=1S/C20H20ClN3O2S/c1-12-17(19(25)22-15-5-4-6-16(11-15)26-3)18(23-20(27)24(12)2)13-7-9-14(21)10-8-13/h4-11,18H,1-3H3,(H,22,25)(H,23,27). The van der Waals surface area contributed by atoms with Crippen molar-refractivity contribution < 1.29 is 9.53 Å². The number of halogens is 1. The van der Waals surface area contributed by atoms with E-state index in [1.165, 1.54) is 0 Å². The maximum atomic E-state index is 13.1. The van der Waals surface area contributed by atoms with Gasteiger partial charge in [-0.25, -0.2) is 0 Å². The fourth-order valence-corrected chi connectivity index (χ4v) is 3.32. The first-order valence-corrected chi connectivity index (χ1v) is 9.15. The van der Waals surface area contributed by atoms with Crippen LogP contribution in [-0.4, -0.2) is 30.1 Å². The minimum absolute atomic E-state index is 0.206. The molecule has 1 aliphatic heterocycles. The van der Waals surface area contributed by atoms with Gasteiger partial charge >= 0.3 is 0 Å². The van der Waals surface area contributed by atoms with Crippen LogP contribution in [0.4, 0.5) is 5.69 Å². The van der Waals surface area contributed by atoms with Crippen LogP contribution in [0, 0.1) is 0 Å². The summed E-state index contributed by atoms with van der Waals surface area (Å²) in [7, 11) is 3.42.